The summed E-state index contributed by atoms with van der Waals surface area (Å²) in [5.41, 5.74) is 0.891. The lowest BCUT2D eigenvalue weighted by Crippen LogP contribution is -2.43. The van der Waals surface area contributed by atoms with Crippen LogP contribution in [0.15, 0.2) is 18.6 Å². The van der Waals surface area contributed by atoms with Crippen molar-refractivity contribution in [2.45, 2.75) is 26.3 Å². The molecule has 0 saturated carbocycles. The van der Waals surface area contributed by atoms with Gasteiger partial charge in [0.05, 0.1) is 6.20 Å². The van der Waals surface area contributed by atoms with E-state index in [0.717, 1.165) is 43.3 Å². The quantitative estimate of drug-likeness (QED) is 0.900. The summed E-state index contributed by atoms with van der Waals surface area (Å²) in [5, 5.41) is 6.90. The molecule has 6 nitrogen and oxygen atoms in total. The van der Waals surface area contributed by atoms with Gasteiger partial charge in [-0.2, -0.15) is 0 Å². The molecule has 0 aromatic carbocycles. The maximum Gasteiger partial charge on any atom is 0.180 e. The first kappa shape index (κ1) is 14.1. The van der Waals surface area contributed by atoms with Crippen LogP contribution in [-0.4, -0.2) is 52.0 Å². The molecule has 2 unspecified atom stereocenters. The van der Waals surface area contributed by atoms with Gasteiger partial charge in [-0.25, -0.2) is 9.97 Å². The standard InChI is InChI=1S/C15H24N6/c1-4-16-13-10-21-8-6-17-15(21)14(19-13)18-12-5-7-20(3)9-11(12)2/h6,8,10-12,16H,4-5,7,9H2,1-3H3,(H,18,19). The van der Waals surface area contributed by atoms with Gasteiger partial charge in [0, 0.05) is 31.5 Å². The summed E-state index contributed by atoms with van der Waals surface area (Å²) in [6.07, 6.45) is 6.89. The molecule has 1 aliphatic heterocycles. The average Bonchev–Trinajstić information content (AvgIpc) is 2.91. The fourth-order valence-electron chi connectivity index (χ4n) is 3.04. The van der Waals surface area contributed by atoms with E-state index in [2.05, 4.69) is 41.4 Å². The number of imidazole rings is 1. The van der Waals surface area contributed by atoms with Gasteiger partial charge in [-0.15, -0.1) is 0 Å². The Hall–Kier alpha value is -1.82. The molecular formula is C15H24N6. The van der Waals surface area contributed by atoms with Crippen LogP contribution in [0.4, 0.5) is 11.6 Å². The first-order valence-electron chi connectivity index (χ1n) is 7.70. The highest BCUT2D eigenvalue weighted by molar-refractivity contribution is 5.65. The van der Waals surface area contributed by atoms with Crippen LogP contribution in [0.2, 0.25) is 0 Å². The number of hydrogen-bond donors (Lipinski definition) is 2. The van der Waals surface area contributed by atoms with Crippen LogP contribution in [0, 0.1) is 5.92 Å². The second-order valence-electron chi connectivity index (χ2n) is 5.94. The molecule has 2 aromatic rings. The van der Waals surface area contributed by atoms with Crippen LogP contribution < -0.4 is 10.6 Å². The summed E-state index contributed by atoms with van der Waals surface area (Å²) in [6.45, 7) is 7.47. The largest absolute Gasteiger partial charge is 0.369 e. The van der Waals surface area contributed by atoms with Gasteiger partial charge >= 0.3 is 0 Å². The molecule has 0 amide bonds. The molecule has 1 aliphatic rings. The van der Waals surface area contributed by atoms with E-state index < -0.39 is 0 Å². The fourth-order valence-corrected chi connectivity index (χ4v) is 3.04. The lowest BCUT2D eigenvalue weighted by molar-refractivity contribution is 0.206. The van der Waals surface area contributed by atoms with Gasteiger partial charge in [0.25, 0.3) is 0 Å². The van der Waals surface area contributed by atoms with Crippen LogP contribution in [0.1, 0.15) is 20.3 Å². The third-order valence-corrected chi connectivity index (χ3v) is 4.16. The van der Waals surface area contributed by atoms with Crippen molar-refractivity contribution in [1.29, 1.82) is 0 Å². The number of fused-ring (bicyclic) bond motifs is 1. The van der Waals surface area contributed by atoms with E-state index in [-0.39, 0.29) is 0 Å². The fraction of sp³-hybridized carbons (Fsp3) is 0.600. The number of rotatable bonds is 4. The third-order valence-electron chi connectivity index (χ3n) is 4.16. The monoisotopic (exact) mass is 288 g/mol. The summed E-state index contributed by atoms with van der Waals surface area (Å²) in [5.74, 6) is 2.36. The Morgan fingerprint density at radius 2 is 2.29 bits per heavy atom. The van der Waals surface area contributed by atoms with Crippen molar-refractivity contribution in [3.8, 4) is 0 Å². The SMILES string of the molecule is CCNc1cn2ccnc2c(NC2CCN(C)CC2C)n1. The van der Waals surface area contributed by atoms with Gasteiger partial charge < -0.3 is 19.9 Å². The lowest BCUT2D eigenvalue weighted by Gasteiger charge is -2.35. The molecule has 21 heavy (non-hydrogen) atoms. The highest BCUT2D eigenvalue weighted by atomic mass is 15.2. The topological polar surface area (TPSA) is 57.5 Å². The van der Waals surface area contributed by atoms with E-state index in [1.165, 1.54) is 0 Å². The number of anilines is 2. The Balaban J connectivity index is 1.86. The van der Waals surface area contributed by atoms with Gasteiger partial charge in [-0.3, -0.25) is 0 Å². The molecule has 114 valence electrons. The first-order valence-corrected chi connectivity index (χ1v) is 7.70. The van der Waals surface area contributed by atoms with Crippen LogP contribution in [0.25, 0.3) is 5.65 Å². The van der Waals surface area contributed by atoms with Gasteiger partial charge in [0.2, 0.25) is 0 Å². The molecule has 2 atom stereocenters. The molecule has 0 aliphatic carbocycles. The summed E-state index contributed by atoms with van der Waals surface area (Å²) in [4.78, 5) is 11.5. The molecule has 1 saturated heterocycles. The van der Waals surface area contributed by atoms with Crippen molar-refractivity contribution < 1.29 is 0 Å². The number of nitrogens with zero attached hydrogens (tertiary/aromatic N) is 4. The lowest BCUT2D eigenvalue weighted by atomic mass is 9.94. The zero-order valence-electron chi connectivity index (χ0n) is 13.0. The Bertz CT molecular complexity index is 607. The van der Waals surface area contributed by atoms with E-state index in [0.29, 0.717) is 12.0 Å². The molecular weight excluding hydrogens is 264 g/mol. The first-order chi connectivity index (χ1) is 10.2. The van der Waals surface area contributed by atoms with Gasteiger partial charge in [0.1, 0.15) is 5.82 Å². The number of likely N-dealkylation sites (tertiary alicyclic amines) is 1. The smallest absolute Gasteiger partial charge is 0.180 e. The molecule has 2 N–H and O–H groups in total. The van der Waals surface area contributed by atoms with E-state index >= 15 is 0 Å². The number of hydrogen-bond acceptors (Lipinski definition) is 5. The minimum atomic E-state index is 0.450. The van der Waals surface area contributed by atoms with Gasteiger partial charge in [0.15, 0.2) is 11.5 Å². The van der Waals surface area contributed by atoms with Crippen LogP contribution in [0.3, 0.4) is 0 Å². The summed E-state index contributed by atoms with van der Waals surface area (Å²) >= 11 is 0. The average molecular weight is 288 g/mol. The predicted molar refractivity (Wildman–Crippen MR) is 85.8 cm³/mol. The molecule has 1 fully saturated rings. The van der Waals surface area contributed by atoms with E-state index in [1.54, 1.807) is 0 Å². The number of nitrogens with one attached hydrogen (secondary N) is 2. The number of aromatic nitrogens is 3. The third kappa shape index (κ3) is 2.95. The second kappa shape index (κ2) is 5.89. The minimum absolute atomic E-state index is 0.450. The van der Waals surface area contributed by atoms with Crippen molar-refractivity contribution in [3.05, 3.63) is 18.6 Å². The predicted octanol–water partition coefficient (Wildman–Crippen LogP) is 1.91. The summed E-state index contributed by atoms with van der Waals surface area (Å²) in [7, 11) is 2.18. The normalized spacial score (nSPS) is 23.4. The highest BCUT2D eigenvalue weighted by Crippen LogP contribution is 2.23. The maximum atomic E-state index is 4.69. The van der Waals surface area contributed by atoms with Crippen LogP contribution in [0.5, 0.6) is 0 Å². The zero-order valence-corrected chi connectivity index (χ0v) is 13.0. The summed E-state index contributed by atoms with van der Waals surface area (Å²) < 4.78 is 2.02. The Morgan fingerprint density at radius 1 is 1.43 bits per heavy atom. The number of piperidine rings is 1. The Morgan fingerprint density at radius 3 is 3.05 bits per heavy atom. The Labute approximate surface area is 125 Å². The molecule has 6 heteroatoms. The molecule has 0 radical (unpaired) electrons. The van der Waals surface area contributed by atoms with E-state index in [4.69, 9.17) is 4.98 Å². The van der Waals surface area contributed by atoms with Crippen molar-refractivity contribution >= 4 is 17.3 Å². The molecule has 0 bridgehead atoms. The van der Waals surface area contributed by atoms with Gasteiger partial charge in [-0.05, 0) is 32.9 Å². The zero-order chi connectivity index (χ0) is 14.8. The second-order valence-corrected chi connectivity index (χ2v) is 5.94. The van der Waals surface area contributed by atoms with Crippen molar-refractivity contribution in [2.24, 2.45) is 5.92 Å². The van der Waals surface area contributed by atoms with Crippen molar-refractivity contribution in [2.75, 3.05) is 37.3 Å². The van der Waals surface area contributed by atoms with Crippen LogP contribution in [-0.2, 0) is 0 Å². The maximum absolute atomic E-state index is 4.69. The van der Waals surface area contributed by atoms with Crippen molar-refractivity contribution in [3.63, 3.8) is 0 Å². The van der Waals surface area contributed by atoms with Crippen LogP contribution >= 0.6 is 0 Å². The minimum Gasteiger partial charge on any atom is -0.369 e. The van der Waals surface area contributed by atoms with Crippen molar-refractivity contribution in [1.82, 2.24) is 19.3 Å². The molecule has 0 spiro atoms. The molecule has 3 heterocycles. The molecule has 3 rings (SSSR count). The Kier molecular flexibility index (Phi) is 3.96. The highest BCUT2D eigenvalue weighted by Gasteiger charge is 2.25. The molecule has 2 aromatic heterocycles. The summed E-state index contributed by atoms with van der Waals surface area (Å²) in [6, 6.07) is 0.450. The van der Waals surface area contributed by atoms with E-state index in [1.807, 2.05) is 23.0 Å². The van der Waals surface area contributed by atoms with E-state index in [9.17, 15) is 0 Å². The van der Waals surface area contributed by atoms with Gasteiger partial charge in [-0.1, -0.05) is 6.92 Å².